The number of fused-ring (bicyclic) bond motifs is 1. The third kappa shape index (κ3) is 4.73. The number of halogens is 1. The molecule has 0 saturated carbocycles. The molecule has 1 aromatic heterocycles. The van der Waals surface area contributed by atoms with Crippen LogP contribution >= 0.6 is 11.6 Å². The standard InChI is InChI=1S/C27H27ClN2O4/c1-5-33-21-10-9-20(23(28)13-21)14-30-18(4)29-25-17(3)11-19(12-24(25)30)15-34-26-16(2)7-6-8-22(26)27(31)32/h6-13H,5,14-15H2,1-4H3,(H,31,32). The molecule has 1 heterocycles. The van der Waals surface area contributed by atoms with Gasteiger partial charge in [-0.3, -0.25) is 0 Å². The largest absolute Gasteiger partial charge is 0.494 e. The van der Waals surface area contributed by atoms with Gasteiger partial charge in [0.15, 0.2) is 0 Å². The number of benzene rings is 3. The number of rotatable bonds is 8. The number of carbonyl (C=O) groups is 1. The van der Waals surface area contributed by atoms with Crippen molar-refractivity contribution in [3.63, 3.8) is 0 Å². The van der Waals surface area contributed by atoms with Crippen molar-refractivity contribution in [2.24, 2.45) is 0 Å². The average Bonchev–Trinajstić information content (AvgIpc) is 3.10. The highest BCUT2D eigenvalue weighted by Crippen LogP contribution is 2.29. The Bertz CT molecular complexity index is 1380. The van der Waals surface area contributed by atoms with E-state index in [0.717, 1.165) is 44.9 Å². The second-order valence-corrected chi connectivity index (χ2v) is 8.66. The number of aromatic nitrogens is 2. The molecule has 4 aromatic rings. The summed E-state index contributed by atoms with van der Waals surface area (Å²) in [6, 6.07) is 14.9. The van der Waals surface area contributed by atoms with Crippen LogP contribution in [0.25, 0.3) is 11.0 Å². The van der Waals surface area contributed by atoms with Crippen LogP contribution in [0.3, 0.4) is 0 Å². The first-order valence-corrected chi connectivity index (χ1v) is 11.5. The van der Waals surface area contributed by atoms with Crippen molar-refractivity contribution < 1.29 is 19.4 Å². The highest BCUT2D eigenvalue weighted by Gasteiger charge is 2.16. The van der Waals surface area contributed by atoms with Crippen LogP contribution in [-0.2, 0) is 13.2 Å². The number of imidazole rings is 1. The molecule has 1 N–H and O–H groups in total. The summed E-state index contributed by atoms with van der Waals surface area (Å²) in [7, 11) is 0. The van der Waals surface area contributed by atoms with Gasteiger partial charge in [0, 0.05) is 5.02 Å². The molecule has 6 nitrogen and oxygen atoms in total. The van der Waals surface area contributed by atoms with Gasteiger partial charge in [0.1, 0.15) is 29.5 Å². The monoisotopic (exact) mass is 478 g/mol. The van der Waals surface area contributed by atoms with Crippen molar-refractivity contribution >= 4 is 28.6 Å². The van der Waals surface area contributed by atoms with Crippen LogP contribution in [0, 0.1) is 20.8 Å². The zero-order chi connectivity index (χ0) is 24.4. The van der Waals surface area contributed by atoms with Crippen LogP contribution in [0.1, 0.15) is 45.4 Å². The van der Waals surface area contributed by atoms with Crippen LogP contribution in [0.5, 0.6) is 11.5 Å². The van der Waals surface area contributed by atoms with Gasteiger partial charge < -0.3 is 19.1 Å². The summed E-state index contributed by atoms with van der Waals surface area (Å²) in [5.41, 5.74) is 5.77. The molecule has 0 fully saturated rings. The summed E-state index contributed by atoms with van der Waals surface area (Å²) in [6.07, 6.45) is 0. The van der Waals surface area contributed by atoms with Gasteiger partial charge in [-0.15, -0.1) is 0 Å². The molecule has 0 amide bonds. The van der Waals surface area contributed by atoms with Gasteiger partial charge >= 0.3 is 5.97 Å². The lowest BCUT2D eigenvalue weighted by Gasteiger charge is -2.14. The SMILES string of the molecule is CCOc1ccc(Cn2c(C)nc3c(C)cc(COc4c(C)cccc4C(=O)O)cc32)c(Cl)c1. The van der Waals surface area contributed by atoms with Crippen molar-refractivity contribution in [1.82, 2.24) is 9.55 Å². The maximum Gasteiger partial charge on any atom is 0.339 e. The van der Waals surface area contributed by atoms with Gasteiger partial charge in [0.25, 0.3) is 0 Å². The molecule has 0 atom stereocenters. The fourth-order valence-corrected chi connectivity index (χ4v) is 4.35. The Labute approximate surface area is 203 Å². The van der Waals surface area contributed by atoms with Crippen LogP contribution in [0.4, 0.5) is 0 Å². The molecule has 0 spiro atoms. The smallest absolute Gasteiger partial charge is 0.339 e. The van der Waals surface area contributed by atoms with E-state index in [0.29, 0.717) is 23.9 Å². The zero-order valence-electron chi connectivity index (χ0n) is 19.7. The van der Waals surface area contributed by atoms with E-state index in [-0.39, 0.29) is 12.2 Å². The number of carboxylic acids is 1. The Morgan fingerprint density at radius 3 is 2.56 bits per heavy atom. The van der Waals surface area contributed by atoms with Crippen molar-refractivity contribution in [2.75, 3.05) is 6.61 Å². The van der Waals surface area contributed by atoms with Gasteiger partial charge in [-0.25, -0.2) is 9.78 Å². The van der Waals surface area contributed by atoms with Gasteiger partial charge in [0.05, 0.1) is 24.2 Å². The fourth-order valence-electron chi connectivity index (χ4n) is 4.12. The molecule has 0 aliphatic carbocycles. The lowest BCUT2D eigenvalue weighted by molar-refractivity contribution is 0.0691. The molecular weight excluding hydrogens is 452 g/mol. The van der Waals surface area contributed by atoms with Gasteiger partial charge in [-0.2, -0.15) is 0 Å². The first-order valence-electron chi connectivity index (χ1n) is 11.1. The molecule has 34 heavy (non-hydrogen) atoms. The van der Waals surface area contributed by atoms with E-state index in [1.807, 2.05) is 64.1 Å². The van der Waals surface area contributed by atoms with E-state index >= 15 is 0 Å². The molecule has 0 bridgehead atoms. The highest BCUT2D eigenvalue weighted by molar-refractivity contribution is 6.31. The van der Waals surface area contributed by atoms with Crippen LogP contribution < -0.4 is 9.47 Å². The summed E-state index contributed by atoms with van der Waals surface area (Å²) in [5, 5.41) is 10.2. The average molecular weight is 479 g/mol. The molecular formula is C27H27ClN2O4. The number of carboxylic acid groups (broad SMARTS) is 1. The van der Waals surface area contributed by atoms with E-state index in [4.69, 9.17) is 26.1 Å². The number of hydrogen-bond acceptors (Lipinski definition) is 4. The van der Waals surface area contributed by atoms with E-state index in [9.17, 15) is 9.90 Å². The normalized spacial score (nSPS) is 11.1. The van der Waals surface area contributed by atoms with Crippen molar-refractivity contribution in [3.05, 3.63) is 87.2 Å². The highest BCUT2D eigenvalue weighted by atomic mass is 35.5. The Balaban J connectivity index is 1.66. The fraction of sp³-hybridized carbons (Fsp3) is 0.259. The van der Waals surface area contributed by atoms with E-state index in [2.05, 4.69) is 4.57 Å². The first kappa shape index (κ1) is 23.6. The van der Waals surface area contributed by atoms with Crippen LogP contribution in [-0.4, -0.2) is 27.2 Å². The lowest BCUT2D eigenvalue weighted by atomic mass is 10.1. The van der Waals surface area contributed by atoms with Gasteiger partial charge in [-0.05, 0) is 74.2 Å². The Morgan fingerprint density at radius 1 is 1.06 bits per heavy atom. The molecule has 0 aliphatic rings. The summed E-state index contributed by atoms with van der Waals surface area (Å²) in [6.45, 7) is 9.17. The predicted octanol–water partition coefficient (Wildman–Crippen LogP) is 6.34. The van der Waals surface area contributed by atoms with Crippen LogP contribution in [0.2, 0.25) is 5.02 Å². The summed E-state index contributed by atoms with van der Waals surface area (Å²) in [5.74, 6) is 1.01. The Morgan fingerprint density at radius 2 is 1.85 bits per heavy atom. The maximum absolute atomic E-state index is 11.6. The number of ether oxygens (including phenoxy) is 2. The number of nitrogens with zero attached hydrogens (tertiary/aromatic N) is 2. The van der Waals surface area contributed by atoms with Crippen molar-refractivity contribution in [1.29, 1.82) is 0 Å². The number of hydrogen-bond donors (Lipinski definition) is 1. The molecule has 3 aromatic carbocycles. The first-order chi connectivity index (χ1) is 16.3. The van der Waals surface area contributed by atoms with Crippen molar-refractivity contribution in [3.8, 4) is 11.5 Å². The topological polar surface area (TPSA) is 73.6 Å². The Hall–Kier alpha value is -3.51. The molecule has 4 rings (SSSR count). The van der Waals surface area contributed by atoms with Crippen molar-refractivity contribution in [2.45, 2.75) is 40.8 Å². The summed E-state index contributed by atoms with van der Waals surface area (Å²) >= 11 is 6.54. The van der Waals surface area contributed by atoms with Gasteiger partial charge in [0.2, 0.25) is 0 Å². The molecule has 0 saturated heterocycles. The zero-order valence-corrected chi connectivity index (χ0v) is 20.4. The third-order valence-corrected chi connectivity index (χ3v) is 6.14. The maximum atomic E-state index is 11.6. The Kier molecular flexibility index (Phi) is 6.80. The molecule has 0 aliphatic heterocycles. The minimum atomic E-state index is -1.01. The number of aryl methyl sites for hydroxylation is 3. The van der Waals surface area contributed by atoms with E-state index in [1.54, 1.807) is 12.1 Å². The van der Waals surface area contributed by atoms with E-state index in [1.165, 1.54) is 0 Å². The second kappa shape index (κ2) is 9.77. The van der Waals surface area contributed by atoms with Gasteiger partial charge in [-0.1, -0.05) is 35.9 Å². The third-order valence-electron chi connectivity index (χ3n) is 5.78. The minimum absolute atomic E-state index is 0.156. The van der Waals surface area contributed by atoms with Crippen LogP contribution in [0.15, 0.2) is 48.5 Å². The molecule has 7 heteroatoms. The second-order valence-electron chi connectivity index (χ2n) is 8.26. The number of para-hydroxylation sites is 1. The predicted molar refractivity (Wildman–Crippen MR) is 133 cm³/mol. The number of aromatic carboxylic acids is 1. The lowest BCUT2D eigenvalue weighted by Crippen LogP contribution is -2.06. The summed E-state index contributed by atoms with van der Waals surface area (Å²) < 4.78 is 13.7. The van der Waals surface area contributed by atoms with E-state index < -0.39 is 5.97 Å². The molecule has 0 unspecified atom stereocenters. The molecule has 176 valence electrons. The summed E-state index contributed by atoms with van der Waals surface area (Å²) in [4.78, 5) is 16.4. The molecule has 0 radical (unpaired) electrons. The minimum Gasteiger partial charge on any atom is -0.494 e. The quantitative estimate of drug-likeness (QED) is 0.320.